The number of halogens is 2. The fraction of sp³-hybridized carbons (Fsp3) is 0.643. The van der Waals surface area contributed by atoms with Gasteiger partial charge in [-0.15, -0.1) is 0 Å². The van der Waals surface area contributed by atoms with E-state index in [-0.39, 0.29) is 17.5 Å². The van der Waals surface area contributed by atoms with Crippen molar-refractivity contribution in [2.75, 3.05) is 37.5 Å². The van der Waals surface area contributed by atoms with E-state index < -0.39 is 5.82 Å². The van der Waals surface area contributed by atoms with E-state index >= 15 is 4.39 Å². The molecule has 0 radical (unpaired) electrons. The van der Waals surface area contributed by atoms with Crippen molar-refractivity contribution < 1.29 is 13.9 Å². The third kappa shape index (κ3) is 7.76. The second-order valence-electron chi connectivity index (χ2n) is 11.1. The molecule has 0 bridgehead atoms. The zero-order chi connectivity index (χ0) is 26.4. The number of nitrogens with zero attached hydrogens (tertiary/aromatic N) is 2. The molecule has 0 aromatic carbocycles. The third-order valence-corrected chi connectivity index (χ3v) is 7.67. The van der Waals surface area contributed by atoms with Crippen molar-refractivity contribution in [1.82, 2.24) is 15.3 Å². The summed E-state index contributed by atoms with van der Waals surface area (Å²) in [5, 5.41) is 10.8. The Bertz CT molecular complexity index is 1030. The van der Waals surface area contributed by atoms with Crippen LogP contribution in [0.3, 0.4) is 0 Å². The molecule has 2 aliphatic rings. The minimum Gasteiger partial charge on any atom is -0.383 e. The molecule has 7 nitrogen and oxygen atoms in total. The molecular formula is C28H41ClFN5O2. The van der Waals surface area contributed by atoms with Gasteiger partial charge in [0.15, 0.2) is 11.6 Å². The van der Waals surface area contributed by atoms with Gasteiger partial charge in [-0.1, -0.05) is 11.6 Å². The number of aromatic nitrogens is 2. The number of anilines is 2. The lowest BCUT2D eigenvalue weighted by Gasteiger charge is -2.35. The molecule has 0 spiro atoms. The summed E-state index contributed by atoms with van der Waals surface area (Å²) in [6, 6.07) is 6.20. The predicted octanol–water partition coefficient (Wildman–Crippen LogP) is 5.90. The first-order chi connectivity index (χ1) is 17.7. The van der Waals surface area contributed by atoms with Gasteiger partial charge in [0.1, 0.15) is 5.82 Å². The highest BCUT2D eigenvalue weighted by molar-refractivity contribution is 6.33. The highest BCUT2D eigenvalue weighted by atomic mass is 35.5. The summed E-state index contributed by atoms with van der Waals surface area (Å²) in [6.45, 7) is 8.63. The van der Waals surface area contributed by atoms with Gasteiger partial charge in [-0.25, -0.2) is 14.4 Å². The van der Waals surface area contributed by atoms with Crippen LogP contribution in [-0.4, -0.2) is 60.6 Å². The van der Waals surface area contributed by atoms with Crippen molar-refractivity contribution in [3.8, 4) is 11.3 Å². The Kier molecular flexibility index (Phi) is 9.62. The van der Waals surface area contributed by atoms with Crippen molar-refractivity contribution in [2.45, 2.75) is 83.0 Å². The molecule has 1 aliphatic heterocycles. The van der Waals surface area contributed by atoms with Crippen LogP contribution in [0, 0.1) is 11.7 Å². The topological polar surface area (TPSA) is 80.3 Å². The van der Waals surface area contributed by atoms with Crippen LogP contribution in [0.2, 0.25) is 5.02 Å². The number of ether oxygens (including phenoxy) is 2. The standard InChI is InChI=1S/C28H41ClFN5O2/c1-18(17-36-4)33-20-5-7-21(8-6-20)34-27-25(30)22(11-13-31-27)26-23(29)9-10-24(35-26)32-16-19-12-14-37-28(2,3)15-19/h9-11,13,18-21,33H,5-8,12,14-17H2,1-4H3,(H,31,34)(H,32,35)/t18-,19?,20-,21-/m1/s1. The maximum atomic E-state index is 15.6. The van der Waals surface area contributed by atoms with Gasteiger partial charge in [-0.3, -0.25) is 0 Å². The Morgan fingerprint density at radius 1 is 1.16 bits per heavy atom. The van der Waals surface area contributed by atoms with Crippen molar-refractivity contribution in [3.05, 3.63) is 35.2 Å². The highest BCUT2D eigenvalue weighted by Gasteiger charge is 2.29. The summed E-state index contributed by atoms with van der Waals surface area (Å²) >= 11 is 6.48. The summed E-state index contributed by atoms with van der Waals surface area (Å²) in [6.07, 6.45) is 7.56. The quantitative estimate of drug-likeness (QED) is 0.351. The third-order valence-electron chi connectivity index (χ3n) is 7.37. The minimum absolute atomic E-state index is 0.106. The molecule has 2 atom stereocenters. The average Bonchev–Trinajstić information content (AvgIpc) is 2.86. The molecular weight excluding hydrogens is 493 g/mol. The van der Waals surface area contributed by atoms with Crippen LogP contribution in [0.15, 0.2) is 24.4 Å². The number of hydrogen-bond donors (Lipinski definition) is 3. The number of methoxy groups -OCH3 is 1. The molecule has 1 saturated heterocycles. The largest absolute Gasteiger partial charge is 0.383 e. The van der Waals surface area contributed by atoms with Crippen LogP contribution < -0.4 is 16.0 Å². The molecule has 204 valence electrons. The monoisotopic (exact) mass is 533 g/mol. The average molecular weight is 534 g/mol. The van der Waals surface area contributed by atoms with E-state index in [2.05, 4.69) is 46.7 Å². The number of hydrogen-bond acceptors (Lipinski definition) is 7. The first-order valence-electron chi connectivity index (χ1n) is 13.4. The van der Waals surface area contributed by atoms with Gasteiger partial charge in [0.05, 0.1) is 22.9 Å². The fourth-order valence-electron chi connectivity index (χ4n) is 5.54. The molecule has 3 heterocycles. The summed E-state index contributed by atoms with van der Waals surface area (Å²) in [5.74, 6) is 1.01. The molecule has 4 rings (SSSR count). The van der Waals surface area contributed by atoms with E-state index in [0.717, 1.165) is 51.7 Å². The number of rotatable bonds is 10. The van der Waals surface area contributed by atoms with Crippen LogP contribution in [0.1, 0.15) is 59.3 Å². The maximum absolute atomic E-state index is 15.6. The van der Waals surface area contributed by atoms with Crippen LogP contribution in [-0.2, 0) is 9.47 Å². The van der Waals surface area contributed by atoms with Gasteiger partial charge < -0.3 is 25.4 Å². The van der Waals surface area contributed by atoms with Crippen LogP contribution >= 0.6 is 11.6 Å². The minimum atomic E-state index is -0.422. The Morgan fingerprint density at radius 3 is 2.65 bits per heavy atom. The molecule has 2 fully saturated rings. The molecule has 1 unspecified atom stereocenters. The van der Waals surface area contributed by atoms with Crippen molar-refractivity contribution in [3.63, 3.8) is 0 Å². The summed E-state index contributed by atoms with van der Waals surface area (Å²) in [5.41, 5.74) is 0.661. The van der Waals surface area contributed by atoms with Crippen molar-refractivity contribution in [2.24, 2.45) is 5.92 Å². The van der Waals surface area contributed by atoms with Gasteiger partial charge in [0.2, 0.25) is 0 Å². The van der Waals surface area contributed by atoms with E-state index in [0.29, 0.717) is 46.7 Å². The normalized spacial score (nSPS) is 24.4. The van der Waals surface area contributed by atoms with E-state index in [1.807, 2.05) is 6.07 Å². The molecule has 1 aliphatic carbocycles. The highest BCUT2D eigenvalue weighted by Crippen LogP contribution is 2.33. The molecule has 1 saturated carbocycles. The van der Waals surface area contributed by atoms with Crippen molar-refractivity contribution in [1.29, 1.82) is 0 Å². The van der Waals surface area contributed by atoms with Crippen LogP contribution in [0.4, 0.5) is 16.0 Å². The first-order valence-corrected chi connectivity index (χ1v) is 13.8. The fourth-order valence-corrected chi connectivity index (χ4v) is 5.74. The molecule has 2 aromatic rings. The SMILES string of the molecule is COC[C@@H](C)N[C@H]1CC[C@H](Nc2nccc(-c3nc(NCC4CCOC(C)(C)C4)ccc3Cl)c2F)CC1. The van der Waals surface area contributed by atoms with Gasteiger partial charge in [0, 0.05) is 50.1 Å². The van der Waals surface area contributed by atoms with Gasteiger partial charge in [-0.2, -0.15) is 0 Å². The Balaban J connectivity index is 1.39. The lowest BCUT2D eigenvalue weighted by molar-refractivity contribution is -0.0699. The molecule has 3 N–H and O–H groups in total. The molecule has 37 heavy (non-hydrogen) atoms. The van der Waals surface area contributed by atoms with Gasteiger partial charge >= 0.3 is 0 Å². The predicted molar refractivity (Wildman–Crippen MR) is 148 cm³/mol. The van der Waals surface area contributed by atoms with Crippen molar-refractivity contribution >= 4 is 23.2 Å². The molecule has 2 aromatic heterocycles. The summed E-state index contributed by atoms with van der Waals surface area (Å²) in [4.78, 5) is 8.97. The maximum Gasteiger partial charge on any atom is 0.174 e. The smallest absolute Gasteiger partial charge is 0.174 e. The zero-order valence-electron chi connectivity index (χ0n) is 22.4. The van der Waals surface area contributed by atoms with Gasteiger partial charge in [-0.05, 0) is 83.4 Å². The Hall–Kier alpha value is -2.00. The lowest BCUT2D eigenvalue weighted by atomic mass is 9.88. The van der Waals surface area contributed by atoms with E-state index in [1.54, 1.807) is 25.4 Å². The second kappa shape index (κ2) is 12.7. The second-order valence-corrected chi connectivity index (χ2v) is 11.5. The lowest BCUT2D eigenvalue weighted by Crippen LogP contribution is -2.43. The zero-order valence-corrected chi connectivity index (χ0v) is 23.2. The Labute approximate surface area is 225 Å². The first kappa shape index (κ1) is 28.0. The molecule has 9 heteroatoms. The number of pyridine rings is 2. The number of nitrogens with one attached hydrogen (secondary N) is 3. The van der Waals surface area contributed by atoms with Crippen LogP contribution in [0.5, 0.6) is 0 Å². The van der Waals surface area contributed by atoms with E-state index in [4.69, 9.17) is 21.1 Å². The van der Waals surface area contributed by atoms with E-state index in [9.17, 15) is 0 Å². The van der Waals surface area contributed by atoms with Crippen LogP contribution in [0.25, 0.3) is 11.3 Å². The van der Waals surface area contributed by atoms with Gasteiger partial charge in [0.25, 0.3) is 0 Å². The molecule has 0 amide bonds. The summed E-state index contributed by atoms with van der Waals surface area (Å²) in [7, 11) is 1.72. The summed E-state index contributed by atoms with van der Waals surface area (Å²) < 4.78 is 26.7. The Morgan fingerprint density at radius 2 is 1.92 bits per heavy atom. The van der Waals surface area contributed by atoms with E-state index in [1.165, 1.54) is 0 Å².